The van der Waals surface area contributed by atoms with Crippen LogP contribution in [0.5, 0.6) is 0 Å². The maximum absolute atomic E-state index is 11.1. The molecule has 1 fully saturated rings. The lowest BCUT2D eigenvalue weighted by molar-refractivity contribution is 0.0694. The minimum atomic E-state index is -0.809. The van der Waals surface area contributed by atoms with Crippen LogP contribution in [0.15, 0.2) is 24.3 Å². The predicted molar refractivity (Wildman–Crippen MR) is 59.2 cm³/mol. The van der Waals surface area contributed by atoms with Crippen LogP contribution in [0.4, 0.5) is 0 Å². The first-order valence-corrected chi connectivity index (χ1v) is 5.52. The minimum absolute atomic E-state index is 0.381. The number of aromatic carboxylic acids is 1. The standard InChI is InChI=1S/C13H16O2/c1-9(10-5-4-6-10)11-7-2-3-8-12(11)13(14)15/h2-3,7-10H,4-6H2,1H3,(H,14,15). The summed E-state index contributed by atoms with van der Waals surface area (Å²) in [5.74, 6) is 0.258. The Hall–Kier alpha value is -1.31. The lowest BCUT2D eigenvalue weighted by Gasteiger charge is -2.32. The second kappa shape index (κ2) is 4.05. The highest BCUT2D eigenvalue weighted by atomic mass is 16.4. The molecule has 0 heterocycles. The molecule has 15 heavy (non-hydrogen) atoms. The molecule has 0 aromatic heterocycles. The molecule has 0 spiro atoms. The first-order valence-electron chi connectivity index (χ1n) is 5.52. The van der Waals surface area contributed by atoms with Crippen LogP contribution in [0.2, 0.25) is 0 Å². The van der Waals surface area contributed by atoms with Crippen LogP contribution >= 0.6 is 0 Å². The van der Waals surface area contributed by atoms with Crippen molar-refractivity contribution >= 4 is 5.97 Å². The number of hydrogen-bond acceptors (Lipinski definition) is 1. The summed E-state index contributed by atoms with van der Waals surface area (Å²) >= 11 is 0. The third kappa shape index (κ3) is 1.89. The van der Waals surface area contributed by atoms with Crippen molar-refractivity contribution in [3.8, 4) is 0 Å². The number of carboxylic acid groups (broad SMARTS) is 1. The topological polar surface area (TPSA) is 37.3 Å². The minimum Gasteiger partial charge on any atom is -0.478 e. The summed E-state index contributed by atoms with van der Waals surface area (Å²) in [5.41, 5.74) is 1.46. The zero-order chi connectivity index (χ0) is 10.8. The number of hydrogen-bond donors (Lipinski definition) is 1. The molecule has 2 rings (SSSR count). The van der Waals surface area contributed by atoms with Crippen LogP contribution in [-0.4, -0.2) is 11.1 Å². The van der Waals surface area contributed by atoms with Crippen LogP contribution in [0, 0.1) is 5.92 Å². The fourth-order valence-corrected chi connectivity index (χ4v) is 2.28. The molecule has 1 aromatic rings. The van der Waals surface area contributed by atoms with Crippen molar-refractivity contribution in [1.29, 1.82) is 0 Å². The zero-order valence-corrected chi connectivity index (χ0v) is 8.94. The summed E-state index contributed by atoms with van der Waals surface area (Å²) in [5, 5.41) is 9.09. The van der Waals surface area contributed by atoms with Gasteiger partial charge in [0, 0.05) is 0 Å². The van der Waals surface area contributed by atoms with E-state index in [0.717, 1.165) is 5.56 Å². The summed E-state index contributed by atoms with van der Waals surface area (Å²) < 4.78 is 0. The van der Waals surface area contributed by atoms with Crippen molar-refractivity contribution in [3.05, 3.63) is 35.4 Å². The maximum Gasteiger partial charge on any atom is 0.335 e. The van der Waals surface area contributed by atoms with Gasteiger partial charge in [0.25, 0.3) is 0 Å². The van der Waals surface area contributed by atoms with Gasteiger partial charge in [0.2, 0.25) is 0 Å². The van der Waals surface area contributed by atoms with Crippen LogP contribution in [-0.2, 0) is 0 Å². The van der Waals surface area contributed by atoms with Crippen molar-refractivity contribution in [2.45, 2.75) is 32.1 Å². The summed E-state index contributed by atoms with van der Waals surface area (Å²) in [4.78, 5) is 11.1. The number of rotatable bonds is 3. The molecule has 2 heteroatoms. The van der Waals surface area contributed by atoms with E-state index >= 15 is 0 Å². The SMILES string of the molecule is CC(c1ccccc1C(=O)O)C1CCC1. The fourth-order valence-electron chi connectivity index (χ4n) is 2.28. The average Bonchev–Trinajstić information content (AvgIpc) is 2.15. The Balaban J connectivity index is 2.29. The van der Waals surface area contributed by atoms with E-state index in [0.29, 0.717) is 17.4 Å². The first-order chi connectivity index (χ1) is 7.20. The van der Waals surface area contributed by atoms with Gasteiger partial charge in [0.1, 0.15) is 0 Å². The lowest BCUT2D eigenvalue weighted by Crippen LogP contribution is -2.20. The Morgan fingerprint density at radius 1 is 1.40 bits per heavy atom. The van der Waals surface area contributed by atoms with E-state index in [1.807, 2.05) is 12.1 Å². The van der Waals surface area contributed by atoms with E-state index in [2.05, 4.69) is 6.92 Å². The maximum atomic E-state index is 11.1. The highest BCUT2D eigenvalue weighted by Gasteiger charge is 2.27. The fraction of sp³-hybridized carbons (Fsp3) is 0.462. The molecule has 1 atom stereocenters. The van der Waals surface area contributed by atoms with E-state index in [4.69, 9.17) is 5.11 Å². The number of carboxylic acids is 1. The summed E-state index contributed by atoms with van der Waals surface area (Å²) in [6.45, 7) is 2.14. The van der Waals surface area contributed by atoms with Crippen LogP contribution in [0.1, 0.15) is 48.0 Å². The Bertz CT molecular complexity index is 367. The van der Waals surface area contributed by atoms with Crippen LogP contribution < -0.4 is 0 Å². The Kier molecular flexibility index (Phi) is 2.76. The first kappa shape index (κ1) is 10.2. The highest BCUT2D eigenvalue weighted by Crippen LogP contribution is 2.39. The molecule has 1 aliphatic rings. The molecule has 80 valence electrons. The van der Waals surface area contributed by atoms with Gasteiger partial charge in [-0.1, -0.05) is 31.5 Å². The molecule has 2 nitrogen and oxygen atoms in total. The molecule has 0 aliphatic heterocycles. The van der Waals surface area contributed by atoms with Crippen molar-refractivity contribution in [1.82, 2.24) is 0 Å². The predicted octanol–water partition coefficient (Wildman–Crippen LogP) is 3.29. The van der Waals surface area contributed by atoms with Gasteiger partial charge in [-0.25, -0.2) is 4.79 Å². The van der Waals surface area contributed by atoms with Crippen LogP contribution in [0.3, 0.4) is 0 Å². The van der Waals surface area contributed by atoms with E-state index in [9.17, 15) is 4.79 Å². The third-order valence-electron chi connectivity index (χ3n) is 3.54. The van der Waals surface area contributed by atoms with E-state index in [1.54, 1.807) is 12.1 Å². The number of carbonyl (C=O) groups is 1. The Morgan fingerprint density at radius 2 is 2.07 bits per heavy atom. The largest absolute Gasteiger partial charge is 0.478 e. The van der Waals surface area contributed by atoms with Crippen molar-refractivity contribution in [3.63, 3.8) is 0 Å². The zero-order valence-electron chi connectivity index (χ0n) is 8.94. The second-order valence-electron chi connectivity index (χ2n) is 4.37. The van der Waals surface area contributed by atoms with Gasteiger partial charge in [-0.05, 0) is 36.3 Å². The quantitative estimate of drug-likeness (QED) is 0.820. The molecular formula is C13H16O2. The van der Waals surface area contributed by atoms with E-state index in [1.165, 1.54) is 19.3 Å². The van der Waals surface area contributed by atoms with Crippen molar-refractivity contribution in [2.75, 3.05) is 0 Å². The molecule has 1 N–H and O–H groups in total. The molecular weight excluding hydrogens is 188 g/mol. The van der Waals surface area contributed by atoms with Gasteiger partial charge in [0.05, 0.1) is 5.56 Å². The number of benzene rings is 1. The molecule has 1 saturated carbocycles. The average molecular weight is 204 g/mol. The normalized spacial score (nSPS) is 18.2. The molecule has 1 unspecified atom stereocenters. The molecule has 0 saturated heterocycles. The van der Waals surface area contributed by atoms with E-state index < -0.39 is 5.97 Å². The summed E-state index contributed by atoms with van der Waals surface area (Å²) in [6.07, 6.45) is 3.79. The van der Waals surface area contributed by atoms with Gasteiger partial charge in [-0.3, -0.25) is 0 Å². The highest BCUT2D eigenvalue weighted by molar-refractivity contribution is 5.89. The second-order valence-corrected chi connectivity index (χ2v) is 4.37. The van der Waals surface area contributed by atoms with Crippen molar-refractivity contribution in [2.24, 2.45) is 5.92 Å². The summed E-state index contributed by atoms with van der Waals surface area (Å²) in [7, 11) is 0. The molecule has 1 aliphatic carbocycles. The smallest absolute Gasteiger partial charge is 0.335 e. The summed E-state index contributed by atoms with van der Waals surface area (Å²) in [6, 6.07) is 7.37. The molecule has 0 bridgehead atoms. The Labute approximate surface area is 89.9 Å². The molecule has 0 radical (unpaired) electrons. The van der Waals surface area contributed by atoms with Gasteiger partial charge in [-0.2, -0.15) is 0 Å². The van der Waals surface area contributed by atoms with E-state index in [-0.39, 0.29) is 0 Å². The molecule has 0 amide bonds. The van der Waals surface area contributed by atoms with Gasteiger partial charge >= 0.3 is 5.97 Å². The Morgan fingerprint density at radius 3 is 2.60 bits per heavy atom. The van der Waals surface area contributed by atoms with Gasteiger partial charge in [0.15, 0.2) is 0 Å². The lowest BCUT2D eigenvalue weighted by atomic mass is 9.73. The third-order valence-corrected chi connectivity index (χ3v) is 3.54. The van der Waals surface area contributed by atoms with Crippen molar-refractivity contribution < 1.29 is 9.90 Å². The van der Waals surface area contributed by atoms with Crippen LogP contribution in [0.25, 0.3) is 0 Å². The molecule has 1 aromatic carbocycles. The van der Waals surface area contributed by atoms with Gasteiger partial charge < -0.3 is 5.11 Å². The van der Waals surface area contributed by atoms with Gasteiger partial charge in [-0.15, -0.1) is 0 Å². The monoisotopic (exact) mass is 204 g/mol.